The molecular formula is C22H25NO5. The van der Waals surface area contributed by atoms with Crippen LogP contribution in [0.4, 0.5) is 5.69 Å². The van der Waals surface area contributed by atoms with E-state index in [-0.39, 0.29) is 23.7 Å². The quantitative estimate of drug-likeness (QED) is 0.579. The van der Waals surface area contributed by atoms with Gasteiger partial charge in [0.15, 0.2) is 0 Å². The summed E-state index contributed by atoms with van der Waals surface area (Å²) >= 11 is 0. The summed E-state index contributed by atoms with van der Waals surface area (Å²) < 4.78 is 11.5. The number of fused-ring (bicyclic) bond motifs is 1. The van der Waals surface area contributed by atoms with Gasteiger partial charge >= 0.3 is 5.97 Å². The monoisotopic (exact) mass is 383 g/mol. The van der Waals surface area contributed by atoms with Gasteiger partial charge in [-0.2, -0.15) is 0 Å². The van der Waals surface area contributed by atoms with Crippen LogP contribution in [0.1, 0.15) is 34.6 Å². The Morgan fingerprint density at radius 2 is 1.57 bits per heavy atom. The molecule has 2 heterocycles. The SMILES string of the molecule is CC(C)[C@@H]1C2=C(OC(C)(C)OC2=O)[C@H](C)[C@@H]2C(=O)N(c3ccccc3)C(=O)[C@@H]21. The summed E-state index contributed by atoms with van der Waals surface area (Å²) in [5.74, 6) is -3.52. The van der Waals surface area contributed by atoms with Crippen LogP contribution in [0, 0.1) is 29.6 Å². The lowest BCUT2D eigenvalue weighted by molar-refractivity contribution is -0.216. The minimum atomic E-state index is -1.09. The fraction of sp³-hybridized carbons (Fsp3) is 0.500. The van der Waals surface area contributed by atoms with Crippen LogP contribution in [0.15, 0.2) is 41.7 Å². The first-order valence-corrected chi connectivity index (χ1v) is 9.73. The summed E-state index contributed by atoms with van der Waals surface area (Å²) in [5.41, 5.74) is 0.975. The molecule has 4 rings (SSSR count). The maximum absolute atomic E-state index is 13.4. The Morgan fingerprint density at radius 3 is 2.18 bits per heavy atom. The van der Waals surface area contributed by atoms with Crippen LogP contribution in [-0.4, -0.2) is 23.6 Å². The van der Waals surface area contributed by atoms with Gasteiger partial charge in [0.25, 0.3) is 0 Å². The lowest BCUT2D eigenvalue weighted by atomic mass is 9.64. The summed E-state index contributed by atoms with van der Waals surface area (Å²) in [4.78, 5) is 40.9. The first-order chi connectivity index (χ1) is 13.1. The maximum atomic E-state index is 13.4. The highest BCUT2D eigenvalue weighted by atomic mass is 16.7. The number of ether oxygens (including phenoxy) is 2. The molecule has 1 aliphatic carbocycles. The lowest BCUT2D eigenvalue weighted by Crippen LogP contribution is -2.48. The van der Waals surface area contributed by atoms with Crippen LogP contribution in [0.2, 0.25) is 0 Å². The Kier molecular flexibility index (Phi) is 4.14. The number of amides is 2. The third kappa shape index (κ3) is 2.58. The molecule has 6 heteroatoms. The van der Waals surface area contributed by atoms with E-state index < -0.39 is 29.5 Å². The van der Waals surface area contributed by atoms with Crippen molar-refractivity contribution in [2.24, 2.45) is 29.6 Å². The molecule has 3 aliphatic rings. The van der Waals surface area contributed by atoms with E-state index in [0.29, 0.717) is 17.0 Å². The van der Waals surface area contributed by atoms with Crippen molar-refractivity contribution in [1.82, 2.24) is 0 Å². The van der Waals surface area contributed by atoms with Crippen molar-refractivity contribution in [3.63, 3.8) is 0 Å². The molecule has 1 aromatic rings. The summed E-state index contributed by atoms with van der Waals surface area (Å²) in [6.07, 6.45) is 0. The molecule has 0 bridgehead atoms. The molecule has 28 heavy (non-hydrogen) atoms. The van der Waals surface area contributed by atoms with Crippen molar-refractivity contribution in [3.8, 4) is 0 Å². The zero-order chi connectivity index (χ0) is 20.4. The maximum Gasteiger partial charge on any atom is 0.341 e. The number of cyclic esters (lactones) is 1. The molecule has 1 saturated heterocycles. The van der Waals surface area contributed by atoms with Gasteiger partial charge in [-0.15, -0.1) is 0 Å². The number of para-hydroxylation sites is 1. The number of benzene rings is 1. The zero-order valence-corrected chi connectivity index (χ0v) is 16.8. The summed E-state index contributed by atoms with van der Waals surface area (Å²) in [7, 11) is 0. The number of carbonyl (C=O) groups excluding carboxylic acids is 3. The van der Waals surface area contributed by atoms with Crippen LogP contribution < -0.4 is 4.90 Å². The smallest absolute Gasteiger partial charge is 0.341 e. The molecule has 1 fully saturated rings. The Hall–Kier alpha value is -2.63. The molecule has 0 N–H and O–H groups in total. The average Bonchev–Trinajstić information content (AvgIpc) is 2.87. The second-order valence-corrected chi connectivity index (χ2v) is 8.63. The number of anilines is 1. The molecule has 0 saturated carbocycles. The van der Waals surface area contributed by atoms with Crippen molar-refractivity contribution in [3.05, 3.63) is 41.7 Å². The molecule has 2 aliphatic heterocycles. The van der Waals surface area contributed by atoms with Crippen LogP contribution in [0.3, 0.4) is 0 Å². The number of allylic oxidation sites excluding steroid dienone is 1. The van der Waals surface area contributed by atoms with E-state index in [1.807, 2.05) is 26.8 Å². The normalized spacial score (nSPS) is 31.5. The minimum absolute atomic E-state index is 0.0326. The van der Waals surface area contributed by atoms with Crippen molar-refractivity contribution >= 4 is 23.5 Å². The Morgan fingerprint density at radius 1 is 0.964 bits per heavy atom. The van der Waals surface area contributed by atoms with Gasteiger partial charge < -0.3 is 9.47 Å². The highest BCUT2D eigenvalue weighted by Gasteiger charge is 2.61. The first-order valence-electron chi connectivity index (χ1n) is 9.73. The van der Waals surface area contributed by atoms with Crippen LogP contribution in [0.25, 0.3) is 0 Å². The van der Waals surface area contributed by atoms with Gasteiger partial charge in [-0.3, -0.25) is 14.5 Å². The predicted octanol–water partition coefficient (Wildman–Crippen LogP) is 3.28. The molecule has 148 valence electrons. The molecule has 0 aromatic heterocycles. The van der Waals surface area contributed by atoms with Gasteiger partial charge in [0.1, 0.15) is 5.76 Å². The third-order valence-electron chi connectivity index (χ3n) is 5.98. The molecule has 2 amide bonds. The second-order valence-electron chi connectivity index (χ2n) is 8.63. The van der Waals surface area contributed by atoms with Crippen molar-refractivity contribution in [2.45, 2.75) is 40.4 Å². The third-order valence-corrected chi connectivity index (χ3v) is 5.98. The van der Waals surface area contributed by atoms with Gasteiger partial charge in [-0.25, -0.2) is 4.79 Å². The van der Waals surface area contributed by atoms with Gasteiger partial charge in [-0.1, -0.05) is 39.0 Å². The number of carbonyl (C=O) groups is 3. The van der Waals surface area contributed by atoms with E-state index >= 15 is 0 Å². The molecular weight excluding hydrogens is 358 g/mol. The minimum Gasteiger partial charge on any atom is -0.456 e. The lowest BCUT2D eigenvalue weighted by Gasteiger charge is -2.44. The van der Waals surface area contributed by atoms with E-state index in [2.05, 4.69) is 0 Å². The molecule has 0 radical (unpaired) electrons. The predicted molar refractivity (Wildman–Crippen MR) is 102 cm³/mol. The number of hydrogen-bond acceptors (Lipinski definition) is 5. The van der Waals surface area contributed by atoms with Gasteiger partial charge in [0.2, 0.25) is 17.6 Å². The molecule has 1 aromatic carbocycles. The van der Waals surface area contributed by atoms with Crippen molar-refractivity contribution in [2.75, 3.05) is 4.90 Å². The topological polar surface area (TPSA) is 72.9 Å². The molecule has 6 nitrogen and oxygen atoms in total. The Labute approximate surface area is 164 Å². The van der Waals surface area contributed by atoms with Crippen LogP contribution in [-0.2, 0) is 23.9 Å². The average molecular weight is 383 g/mol. The zero-order valence-electron chi connectivity index (χ0n) is 16.8. The summed E-state index contributed by atoms with van der Waals surface area (Å²) in [6, 6.07) is 8.95. The number of nitrogens with zero attached hydrogens (tertiary/aromatic N) is 1. The van der Waals surface area contributed by atoms with Crippen molar-refractivity contribution in [1.29, 1.82) is 0 Å². The molecule has 0 unspecified atom stereocenters. The number of rotatable bonds is 2. The molecule has 0 spiro atoms. The van der Waals surface area contributed by atoms with E-state index in [4.69, 9.17) is 9.47 Å². The number of esters is 1. The van der Waals surface area contributed by atoms with Crippen LogP contribution >= 0.6 is 0 Å². The summed E-state index contributed by atoms with van der Waals surface area (Å²) in [6.45, 7) is 9.13. The number of hydrogen-bond donors (Lipinski definition) is 0. The molecule has 4 atom stereocenters. The fourth-order valence-electron chi connectivity index (χ4n) is 4.90. The Balaban J connectivity index is 1.85. The van der Waals surface area contributed by atoms with Crippen LogP contribution in [0.5, 0.6) is 0 Å². The number of imide groups is 1. The van der Waals surface area contributed by atoms with E-state index in [1.54, 1.807) is 38.1 Å². The fourth-order valence-corrected chi connectivity index (χ4v) is 4.90. The first kappa shape index (κ1) is 18.7. The van der Waals surface area contributed by atoms with Crippen molar-refractivity contribution < 1.29 is 23.9 Å². The van der Waals surface area contributed by atoms with E-state index in [0.717, 1.165) is 0 Å². The summed E-state index contributed by atoms with van der Waals surface area (Å²) in [5, 5.41) is 0. The highest BCUT2D eigenvalue weighted by Crippen LogP contribution is 2.53. The van der Waals surface area contributed by atoms with E-state index in [1.165, 1.54) is 4.90 Å². The van der Waals surface area contributed by atoms with Gasteiger partial charge in [0.05, 0.1) is 23.1 Å². The van der Waals surface area contributed by atoms with Gasteiger partial charge in [-0.05, 0) is 18.1 Å². The Bertz CT molecular complexity index is 885. The highest BCUT2D eigenvalue weighted by molar-refractivity contribution is 6.23. The second kappa shape index (κ2) is 6.19. The standard InChI is InChI=1S/C22H25NO5/c1-11(2)14-16-15(12(3)18-17(14)21(26)28-22(4,5)27-18)19(24)23(20(16)25)13-9-7-6-8-10-13/h6-12,14-16H,1-5H3/t12-,14+,15+,16-/m1/s1. The van der Waals surface area contributed by atoms with E-state index in [9.17, 15) is 14.4 Å². The largest absolute Gasteiger partial charge is 0.456 e. The van der Waals surface area contributed by atoms with Gasteiger partial charge in [0, 0.05) is 25.7 Å².